The second-order valence-corrected chi connectivity index (χ2v) is 5.52. The van der Waals surface area contributed by atoms with Gasteiger partial charge in [0.05, 0.1) is 30.4 Å². The summed E-state index contributed by atoms with van der Waals surface area (Å²) >= 11 is 9.30. The first-order valence-corrected chi connectivity index (χ1v) is 7.17. The maximum absolute atomic E-state index is 9.78. The molecule has 0 radical (unpaired) electrons. The molecule has 108 valence electrons. The molecule has 0 amide bonds. The summed E-state index contributed by atoms with van der Waals surface area (Å²) in [5, 5.41) is 13.5. The summed E-state index contributed by atoms with van der Waals surface area (Å²) in [5.41, 5.74) is 0.859. The third-order valence-electron chi connectivity index (χ3n) is 2.44. The van der Waals surface area contributed by atoms with Crippen molar-refractivity contribution in [3.8, 4) is 0 Å². The molecule has 4 nitrogen and oxygen atoms in total. The van der Waals surface area contributed by atoms with Crippen LogP contribution in [0.2, 0.25) is 5.02 Å². The Bertz CT molecular complexity index is 392. The highest BCUT2D eigenvalue weighted by molar-refractivity contribution is 9.10. The molecule has 0 saturated carbocycles. The maximum Gasteiger partial charge on any atom is 0.0945 e. The molecule has 6 heteroatoms. The van der Waals surface area contributed by atoms with Gasteiger partial charge in [-0.15, -0.1) is 0 Å². The monoisotopic (exact) mass is 351 g/mol. The molecule has 1 aromatic rings. The first kappa shape index (κ1) is 16.7. The van der Waals surface area contributed by atoms with Gasteiger partial charge in [0, 0.05) is 23.8 Å². The second-order valence-electron chi connectivity index (χ2n) is 4.26. The minimum Gasteiger partial charge on any atom is -0.389 e. The topological polar surface area (TPSA) is 50.7 Å². The van der Waals surface area contributed by atoms with Gasteiger partial charge in [0.1, 0.15) is 0 Å². The minimum atomic E-state index is -0.582. The largest absolute Gasteiger partial charge is 0.389 e. The van der Waals surface area contributed by atoms with Crippen LogP contribution in [-0.4, -0.2) is 44.2 Å². The number of halogens is 2. The van der Waals surface area contributed by atoms with Gasteiger partial charge in [-0.25, -0.2) is 0 Å². The van der Waals surface area contributed by atoms with Gasteiger partial charge in [-0.2, -0.15) is 0 Å². The quantitative estimate of drug-likeness (QED) is 0.755. The van der Waals surface area contributed by atoms with Gasteiger partial charge in [-0.05, 0) is 41.1 Å². The summed E-state index contributed by atoms with van der Waals surface area (Å²) in [4.78, 5) is 0. The van der Waals surface area contributed by atoms with E-state index in [1.54, 1.807) is 13.2 Å². The highest BCUT2D eigenvalue weighted by atomic mass is 79.9. The van der Waals surface area contributed by atoms with Crippen molar-refractivity contribution >= 4 is 33.2 Å². The van der Waals surface area contributed by atoms with Crippen LogP contribution in [0.1, 0.15) is 6.92 Å². The van der Waals surface area contributed by atoms with E-state index < -0.39 is 6.10 Å². The summed E-state index contributed by atoms with van der Waals surface area (Å²) in [6.45, 7) is 3.08. The fourth-order valence-corrected chi connectivity index (χ4v) is 1.89. The molecule has 19 heavy (non-hydrogen) atoms. The number of aliphatic hydroxyl groups is 1. The summed E-state index contributed by atoms with van der Waals surface area (Å²) in [7, 11) is 1.62. The lowest BCUT2D eigenvalue weighted by Gasteiger charge is -2.17. The van der Waals surface area contributed by atoms with Gasteiger partial charge in [-0.3, -0.25) is 0 Å². The van der Waals surface area contributed by atoms with Crippen LogP contribution in [0.4, 0.5) is 5.69 Å². The predicted octanol–water partition coefficient (Wildman–Crippen LogP) is 2.93. The number of hydrogen-bond donors (Lipinski definition) is 2. The second kappa shape index (κ2) is 8.76. The van der Waals surface area contributed by atoms with Crippen LogP contribution in [0.5, 0.6) is 0 Å². The number of methoxy groups -OCH3 is 1. The molecule has 0 heterocycles. The van der Waals surface area contributed by atoms with Crippen LogP contribution in [-0.2, 0) is 9.47 Å². The molecule has 1 rings (SSSR count). The molecule has 0 bridgehead atoms. The maximum atomic E-state index is 9.78. The van der Waals surface area contributed by atoms with Crippen LogP contribution in [0.3, 0.4) is 0 Å². The third kappa shape index (κ3) is 6.58. The zero-order valence-electron chi connectivity index (χ0n) is 11.0. The molecule has 0 fully saturated rings. The van der Waals surface area contributed by atoms with Gasteiger partial charge >= 0.3 is 0 Å². The molecule has 1 aromatic carbocycles. The van der Waals surface area contributed by atoms with Crippen molar-refractivity contribution in [2.45, 2.75) is 19.1 Å². The molecule has 2 N–H and O–H groups in total. The molecule has 0 aliphatic rings. The molecular weight excluding hydrogens is 334 g/mol. The fraction of sp³-hybridized carbons (Fsp3) is 0.538. The Kier molecular flexibility index (Phi) is 7.71. The van der Waals surface area contributed by atoms with Crippen molar-refractivity contribution in [2.24, 2.45) is 0 Å². The lowest BCUT2D eigenvalue weighted by Crippen LogP contribution is -2.28. The third-order valence-corrected chi connectivity index (χ3v) is 3.67. The standard InChI is InChI=1S/C13H19BrClNO3/c1-9(7-18-2)19-8-11(17)6-16-10-3-4-12(14)13(15)5-10/h3-5,9,11,16-17H,6-8H2,1-2H3. The molecule has 0 spiro atoms. The van der Waals surface area contributed by atoms with Crippen LogP contribution >= 0.6 is 27.5 Å². The van der Waals surface area contributed by atoms with Crippen molar-refractivity contribution in [3.63, 3.8) is 0 Å². The number of aliphatic hydroxyl groups excluding tert-OH is 1. The highest BCUT2D eigenvalue weighted by Crippen LogP contribution is 2.25. The van der Waals surface area contributed by atoms with E-state index in [9.17, 15) is 5.11 Å². The fourth-order valence-electron chi connectivity index (χ4n) is 1.46. The van der Waals surface area contributed by atoms with Gasteiger partial charge in [0.2, 0.25) is 0 Å². The highest BCUT2D eigenvalue weighted by Gasteiger charge is 2.08. The van der Waals surface area contributed by atoms with Gasteiger partial charge in [0.15, 0.2) is 0 Å². The van der Waals surface area contributed by atoms with E-state index in [-0.39, 0.29) is 12.7 Å². The summed E-state index contributed by atoms with van der Waals surface area (Å²) in [5.74, 6) is 0. The van der Waals surface area contributed by atoms with Crippen molar-refractivity contribution in [3.05, 3.63) is 27.7 Å². The van der Waals surface area contributed by atoms with Crippen LogP contribution in [0.15, 0.2) is 22.7 Å². The van der Waals surface area contributed by atoms with Gasteiger partial charge < -0.3 is 19.9 Å². The van der Waals surface area contributed by atoms with E-state index in [0.29, 0.717) is 18.2 Å². The zero-order valence-corrected chi connectivity index (χ0v) is 13.4. The Labute approximate surface area is 127 Å². The van der Waals surface area contributed by atoms with Crippen molar-refractivity contribution in [1.82, 2.24) is 0 Å². The smallest absolute Gasteiger partial charge is 0.0945 e. The number of anilines is 1. The number of rotatable bonds is 8. The molecule has 0 aromatic heterocycles. The Balaban J connectivity index is 2.29. The van der Waals surface area contributed by atoms with Gasteiger partial charge in [0.25, 0.3) is 0 Å². The Morgan fingerprint density at radius 3 is 2.79 bits per heavy atom. The SMILES string of the molecule is COCC(C)OCC(O)CNc1ccc(Br)c(Cl)c1. The van der Waals surface area contributed by atoms with Crippen molar-refractivity contribution < 1.29 is 14.6 Å². The molecule has 0 aliphatic heterocycles. The van der Waals surface area contributed by atoms with E-state index >= 15 is 0 Å². The van der Waals surface area contributed by atoms with Crippen LogP contribution in [0, 0.1) is 0 Å². The lowest BCUT2D eigenvalue weighted by molar-refractivity contribution is -0.0282. The number of nitrogens with one attached hydrogen (secondary N) is 1. The number of ether oxygens (including phenoxy) is 2. The zero-order chi connectivity index (χ0) is 14.3. The van der Waals surface area contributed by atoms with Crippen LogP contribution in [0.25, 0.3) is 0 Å². The van der Waals surface area contributed by atoms with Gasteiger partial charge in [-0.1, -0.05) is 11.6 Å². The predicted molar refractivity (Wildman–Crippen MR) is 80.9 cm³/mol. The van der Waals surface area contributed by atoms with E-state index in [1.807, 2.05) is 19.1 Å². The molecule has 2 atom stereocenters. The first-order valence-electron chi connectivity index (χ1n) is 6.00. The number of hydrogen-bond acceptors (Lipinski definition) is 4. The Morgan fingerprint density at radius 1 is 1.42 bits per heavy atom. The molecular formula is C13H19BrClNO3. The molecule has 0 aliphatic carbocycles. The average molecular weight is 353 g/mol. The molecule has 2 unspecified atom stereocenters. The Hall–Kier alpha value is -0.330. The number of benzene rings is 1. The first-order chi connectivity index (χ1) is 9.02. The Morgan fingerprint density at radius 2 is 2.16 bits per heavy atom. The summed E-state index contributed by atoms with van der Waals surface area (Å²) in [6, 6.07) is 5.54. The van der Waals surface area contributed by atoms with Crippen molar-refractivity contribution in [2.75, 3.05) is 32.2 Å². The van der Waals surface area contributed by atoms with E-state index in [2.05, 4.69) is 21.2 Å². The average Bonchev–Trinajstić information content (AvgIpc) is 2.38. The normalized spacial score (nSPS) is 14.2. The summed E-state index contributed by atoms with van der Waals surface area (Å²) < 4.78 is 11.2. The summed E-state index contributed by atoms with van der Waals surface area (Å²) in [6.07, 6.45) is -0.608. The van der Waals surface area contributed by atoms with E-state index in [0.717, 1.165) is 10.2 Å². The van der Waals surface area contributed by atoms with E-state index in [4.69, 9.17) is 21.1 Å². The molecule has 0 saturated heterocycles. The van der Waals surface area contributed by atoms with E-state index in [1.165, 1.54) is 0 Å². The van der Waals surface area contributed by atoms with Crippen molar-refractivity contribution in [1.29, 1.82) is 0 Å². The van der Waals surface area contributed by atoms with Crippen LogP contribution < -0.4 is 5.32 Å². The minimum absolute atomic E-state index is 0.0261. The lowest BCUT2D eigenvalue weighted by atomic mass is 10.3.